The lowest BCUT2D eigenvalue weighted by molar-refractivity contribution is 0.559. The zero-order valence-electron chi connectivity index (χ0n) is 11.3. The lowest BCUT2D eigenvalue weighted by Crippen LogP contribution is -2.34. The largest absolute Gasteiger partial charge is 0.244 e. The first-order chi connectivity index (χ1) is 9.87. The zero-order chi connectivity index (χ0) is 15.5. The molecule has 7 heteroatoms. The van der Waals surface area contributed by atoms with Gasteiger partial charge in [-0.1, -0.05) is 23.7 Å². The molecule has 0 bridgehead atoms. The van der Waals surface area contributed by atoms with E-state index in [0.29, 0.717) is 6.42 Å². The van der Waals surface area contributed by atoms with Crippen molar-refractivity contribution in [1.82, 2.24) is 9.71 Å². The molecule has 1 N–H and O–H groups in total. The summed E-state index contributed by atoms with van der Waals surface area (Å²) in [6.45, 7) is 1.74. The van der Waals surface area contributed by atoms with Crippen LogP contribution in [0.3, 0.4) is 0 Å². The molecule has 21 heavy (non-hydrogen) atoms. The Kier molecular flexibility index (Phi) is 4.92. The van der Waals surface area contributed by atoms with E-state index in [1.165, 1.54) is 30.5 Å². The van der Waals surface area contributed by atoms with Crippen LogP contribution in [0.1, 0.15) is 12.5 Å². The van der Waals surface area contributed by atoms with Crippen molar-refractivity contribution >= 4 is 21.6 Å². The molecular formula is C14H14ClFN2O2S. The Balaban J connectivity index is 2.07. The predicted molar refractivity (Wildman–Crippen MR) is 79.1 cm³/mol. The molecule has 0 radical (unpaired) electrons. The number of pyridine rings is 1. The van der Waals surface area contributed by atoms with E-state index in [9.17, 15) is 12.8 Å². The summed E-state index contributed by atoms with van der Waals surface area (Å²) in [7, 11) is -3.66. The number of benzene rings is 1. The molecule has 0 saturated carbocycles. The van der Waals surface area contributed by atoms with E-state index < -0.39 is 10.0 Å². The fraction of sp³-hybridized carbons (Fsp3) is 0.214. The van der Waals surface area contributed by atoms with E-state index >= 15 is 0 Å². The van der Waals surface area contributed by atoms with Gasteiger partial charge in [-0.05, 0) is 43.2 Å². The molecule has 1 heterocycles. The van der Waals surface area contributed by atoms with Gasteiger partial charge in [0.1, 0.15) is 11.0 Å². The second-order valence-electron chi connectivity index (χ2n) is 4.67. The minimum atomic E-state index is -3.66. The Bertz CT molecular complexity index is 720. The Morgan fingerprint density at radius 3 is 2.57 bits per heavy atom. The van der Waals surface area contributed by atoms with Gasteiger partial charge in [0.05, 0.1) is 4.90 Å². The summed E-state index contributed by atoms with van der Waals surface area (Å²) in [6.07, 6.45) is 1.79. The van der Waals surface area contributed by atoms with Crippen molar-refractivity contribution < 1.29 is 12.8 Å². The SMILES string of the molecule is CC(Cc1ccc(F)cc1)NS(=O)(=O)c1ccnc(Cl)c1. The third-order valence-electron chi connectivity index (χ3n) is 2.82. The first kappa shape index (κ1) is 15.9. The molecule has 1 atom stereocenters. The average Bonchev–Trinajstić information content (AvgIpc) is 2.41. The van der Waals surface area contributed by atoms with Crippen LogP contribution in [-0.2, 0) is 16.4 Å². The third kappa shape index (κ3) is 4.49. The van der Waals surface area contributed by atoms with Gasteiger partial charge in [-0.2, -0.15) is 0 Å². The van der Waals surface area contributed by atoms with Crippen molar-refractivity contribution in [1.29, 1.82) is 0 Å². The number of nitrogens with zero attached hydrogens (tertiary/aromatic N) is 1. The maximum absolute atomic E-state index is 12.8. The number of sulfonamides is 1. The van der Waals surface area contributed by atoms with E-state index in [1.54, 1.807) is 19.1 Å². The Labute approximate surface area is 128 Å². The van der Waals surface area contributed by atoms with E-state index in [2.05, 4.69) is 9.71 Å². The maximum atomic E-state index is 12.8. The fourth-order valence-corrected chi connectivity index (χ4v) is 3.39. The number of nitrogens with one attached hydrogen (secondary N) is 1. The highest BCUT2D eigenvalue weighted by molar-refractivity contribution is 7.89. The molecule has 0 spiro atoms. The van der Waals surface area contributed by atoms with Gasteiger partial charge in [-0.3, -0.25) is 0 Å². The van der Waals surface area contributed by atoms with Gasteiger partial charge in [-0.25, -0.2) is 22.5 Å². The number of halogens is 2. The molecule has 1 aromatic carbocycles. The van der Waals surface area contributed by atoms with Crippen LogP contribution in [0.5, 0.6) is 0 Å². The standard InChI is InChI=1S/C14H14ClFN2O2S/c1-10(8-11-2-4-12(16)5-3-11)18-21(19,20)13-6-7-17-14(15)9-13/h2-7,9-10,18H,8H2,1H3. The van der Waals surface area contributed by atoms with Crippen molar-refractivity contribution in [3.8, 4) is 0 Å². The molecule has 0 aliphatic rings. The Morgan fingerprint density at radius 1 is 1.29 bits per heavy atom. The second-order valence-corrected chi connectivity index (χ2v) is 6.77. The van der Waals surface area contributed by atoms with E-state index in [0.717, 1.165) is 5.56 Å². The topological polar surface area (TPSA) is 59.1 Å². The van der Waals surface area contributed by atoms with Crippen molar-refractivity contribution in [3.05, 3.63) is 59.1 Å². The molecule has 0 fully saturated rings. The second kappa shape index (κ2) is 6.51. The minimum Gasteiger partial charge on any atom is -0.244 e. The molecule has 0 aliphatic carbocycles. The molecule has 1 unspecified atom stereocenters. The van der Waals surface area contributed by atoms with Gasteiger partial charge in [-0.15, -0.1) is 0 Å². The molecular weight excluding hydrogens is 315 g/mol. The summed E-state index contributed by atoms with van der Waals surface area (Å²) in [4.78, 5) is 3.81. The summed E-state index contributed by atoms with van der Waals surface area (Å²) in [5.74, 6) is -0.321. The predicted octanol–water partition coefficient (Wildman–Crippen LogP) is 2.78. The monoisotopic (exact) mass is 328 g/mol. The van der Waals surface area contributed by atoms with Crippen LogP contribution >= 0.6 is 11.6 Å². The van der Waals surface area contributed by atoms with Gasteiger partial charge < -0.3 is 0 Å². The van der Waals surface area contributed by atoms with Crippen molar-refractivity contribution in [2.45, 2.75) is 24.3 Å². The third-order valence-corrected chi connectivity index (χ3v) is 4.61. The van der Waals surface area contributed by atoms with E-state index in [-0.39, 0.29) is 21.9 Å². The van der Waals surface area contributed by atoms with E-state index in [4.69, 9.17) is 11.6 Å². The first-order valence-electron chi connectivity index (χ1n) is 6.25. The summed E-state index contributed by atoms with van der Waals surface area (Å²) in [6, 6.07) is 8.27. The molecule has 112 valence electrons. The highest BCUT2D eigenvalue weighted by Gasteiger charge is 2.18. The smallest absolute Gasteiger partial charge is 0.240 e. The molecule has 0 saturated heterocycles. The van der Waals surface area contributed by atoms with Gasteiger partial charge in [0.2, 0.25) is 10.0 Å². The minimum absolute atomic E-state index is 0.0634. The first-order valence-corrected chi connectivity index (χ1v) is 8.11. The quantitative estimate of drug-likeness (QED) is 0.859. The van der Waals surface area contributed by atoms with Gasteiger partial charge in [0, 0.05) is 12.2 Å². The Hall–Kier alpha value is -1.50. The fourth-order valence-electron chi connectivity index (χ4n) is 1.90. The summed E-state index contributed by atoms with van der Waals surface area (Å²) in [5.41, 5.74) is 0.847. The van der Waals surface area contributed by atoms with Crippen molar-refractivity contribution in [2.24, 2.45) is 0 Å². The molecule has 0 aliphatic heterocycles. The van der Waals surface area contributed by atoms with Crippen LogP contribution in [-0.4, -0.2) is 19.4 Å². The number of hydrogen-bond donors (Lipinski definition) is 1. The number of aromatic nitrogens is 1. The van der Waals surface area contributed by atoms with Gasteiger partial charge >= 0.3 is 0 Å². The van der Waals surface area contributed by atoms with Crippen LogP contribution in [0.4, 0.5) is 4.39 Å². The average molecular weight is 329 g/mol. The maximum Gasteiger partial charge on any atom is 0.240 e. The molecule has 0 amide bonds. The van der Waals surface area contributed by atoms with Gasteiger partial charge in [0.25, 0.3) is 0 Å². The van der Waals surface area contributed by atoms with Crippen LogP contribution in [0.15, 0.2) is 47.5 Å². The molecule has 2 rings (SSSR count). The van der Waals surface area contributed by atoms with Crippen LogP contribution in [0, 0.1) is 5.82 Å². The van der Waals surface area contributed by atoms with Crippen molar-refractivity contribution in [3.63, 3.8) is 0 Å². The van der Waals surface area contributed by atoms with E-state index in [1.807, 2.05) is 0 Å². The van der Waals surface area contributed by atoms with Crippen molar-refractivity contribution in [2.75, 3.05) is 0 Å². The lowest BCUT2D eigenvalue weighted by Gasteiger charge is -2.14. The molecule has 1 aromatic heterocycles. The molecule has 4 nitrogen and oxygen atoms in total. The number of rotatable bonds is 5. The van der Waals surface area contributed by atoms with Crippen LogP contribution in [0.2, 0.25) is 5.15 Å². The number of hydrogen-bond acceptors (Lipinski definition) is 3. The van der Waals surface area contributed by atoms with Crippen LogP contribution < -0.4 is 4.72 Å². The Morgan fingerprint density at radius 2 is 1.95 bits per heavy atom. The summed E-state index contributed by atoms with van der Waals surface area (Å²) in [5, 5.41) is 0.115. The van der Waals surface area contributed by atoms with Gasteiger partial charge in [0.15, 0.2) is 0 Å². The summed E-state index contributed by atoms with van der Waals surface area (Å²) >= 11 is 5.69. The highest BCUT2D eigenvalue weighted by atomic mass is 35.5. The van der Waals surface area contributed by atoms with Crippen LogP contribution in [0.25, 0.3) is 0 Å². The highest BCUT2D eigenvalue weighted by Crippen LogP contribution is 2.14. The summed E-state index contributed by atoms with van der Waals surface area (Å²) < 4.78 is 39.7. The normalized spacial score (nSPS) is 13.1. The molecule has 2 aromatic rings. The zero-order valence-corrected chi connectivity index (χ0v) is 12.8. The lowest BCUT2D eigenvalue weighted by atomic mass is 10.1.